The summed E-state index contributed by atoms with van der Waals surface area (Å²) in [5.41, 5.74) is 4.17. The van der Waals surface area contributed by atoms with Crippen molar-refractivity contribution in [2.75, 3.05) is 6.61 Å². The molecule has 2 bridgehead atoms. The second kappa shape index (κ2) is 2.10. The maximum atomic E-state index is 8.66. The Kier molecular flexibility index (Phi) is 1.24. The molecular formula is C9H10O. The van der Waals surface area contributed by atoms with Crippen molar-refractivity contribution in [1.29, 1.82) is 0 Å². The van der Waals surface area contributed by atoms with Crippen molar-refractivity contribution < 1.29 is 5.11 Å². The number of hydrogen-bond acceptors (Lipinski definition) is 1. The smallest absolute Gasteiger partial charge is 0.0471 e. The maximum absolute atomic E-state index is 8.66. The van der Waals surface area contributed by atoms with Crippen LogP contribution < -0.4 is 0 Å². The van der Waals surface area contributed by atoms with Crippen LogP contribution in [0.4, 0.5) is 0 Å². The van der Waals surface area contributed by atoms with Gasteiger partial charge in [-0.05, 0) is 29.5 Å². The number of benzene rings is 1. The number of hydrogen-bond donors (Lipinski definition) is 1. The molecule has 1 nitrogen and oxygen atoms in total. The molecule has 1 heteroatoms. The summed E-state index contributed by atoms with van der Waals surface area (Å²) < 4.78 is 0. The van der Waals surface area contributed by atoms with Crippen molar-refractivity contribution >= 4 is 0 Å². The Morgan fingerprint density at radius 2 is 2.20 bits per heavy atom. The first-order valence-electron chi connectivity index (χ1n) is 3.61. The van der Waals surface area contributed by atoms with Crippen LogP contribution >= 0.6 is 0 Å². The summed E-state index contributed by atoms with van der Waals surface area (Å²) in [7, 11) is 0. The molecule has 0 heterocycles. The fourth-order valence-corrected chi connectivity index (χ4v) is 1.41. The molecule has 2 aliphatic carbocycles. The van der Waals surface area contributed by atoms with Crippen molar-refractivity contribution in [2.45, 2.75) is 12.8 Å². The van der Waals surface area contributed by atoms with Crippen LogP contribution in [0.3, 0.4) is 0 Å². The van der Waals surface area contributed by atoms with Crippen molar-refractivity contribution in [3.8, 4) is 0 Å². The van der Waals surface area contributed by atoms with E-state index in [0.29, 0.717) is 0 Å². The largest absolute Gasteiger partial charge is 0.396 e. The summed E-state index contributed by atoms with van der Waals surface area (Å²) in [5.74, 6) is 0. The average Bonchev–Trinajstić information content (AvgIpc) is 1.87. The average molecular weight is 134 g/mol. The van der Waals surface area contributed by atoms with Crippen LogP contribution in [-0.4, -0.2) is 11.7 Å². The highest BCUT2D eigenvalue weighted by Gasteiger charge is 2.11. The van der Waals surface area contributed by atoms with Gasteiger partial charge in [-0.15, -0.1) is 0 Å². The third-order valence-electron chi connectivity index (χ3n) is 2.05. The molecule has 10 heavy (non-hydrogen) atoms. The molecule has 0 aliphatic heterocycles. The molecule has 0 aromatic heterocycles. The SMILES string of the molecule is OCCc1ccc2cc1C2. The van der Waals surface area contributed by atoms with Crippen LogP contribution in [0, 0.1) is 0 Å². The molecule has 2 aliphatic rings. The Morgan fingerprint density at radius 3 is 2.70 bits per heavy atom. The van der Waals surface area contributed by atoms with Gasteiger partial charge in [0.25, 0.3) is 0 Å². The highest BCUT2D eigenvalue weighted by Crippen LogP contribution is 2.24. The Bertz CT molecular complexity index is 249. The van der Waals surface area contributed by atoms with E-state index in [4.69, 9.17) is 5.11 Å². The Hall–Kier alpha value is -0.820. The minimum absolute atomic E-state index is 0.270. The summed E-state index contributed by atoms with van der Waals surface area (Å²) in [5, 5.41) is 8.66. The summed E-state index contributed by atoms with van der Waals surface area (Å²) >= 11 is 0. The molecular weight excluding hydrogens is 124 g/mol. The Morgan fingerprint density at radius 1 is 1.40 bits per heavy atom. The van der Waals surface area contributed by atoms with E-state index in [2.05, 4.69) is 18.2 Å². The van der Waals surface area contributed by atoms with Gasteiger partial charge in [0, 0.05) is 6.61 Å². The first kappa shape index (κ1) is 5.93. The van der Waals surface area contributed by atoms with Crippen molar-refractivity contribution in [3.05, 3.63) is 34.9 Å². The molecule has 0 saturated carbocycles. The third kappa shape index (κ3) is 0.745. The van der Waals surface area contributed by atoms with Crippen LogP contribution in [0.2, 0.25) is 0 Å². The quantitative estimate of drug-likeness (QED) is 0.652. The molecule has 52 valence electrons. The lowest BCUT2D eigenvalue weighted by atomic mass is 9.87. The number of rotatable bonds is 2. The molecule has 0 saturated heterocycles. The van der Waals surface area contributed by atoms with E-state index in [1.54, 1.807) is 0 Å². The normalized spacial score (nSPS) is 12.9. The maximum Gasteiger partial charge on any atom is 0.0471 e. The van der Waals surface area contributed by atoms with E-state index < -0.39 is 0 Å². The lowest BCUT2D eigenvalue weighted by Crippen LogP contribution is -2.06. The van der Waals surface area contributed by atoms with Gasteiger partial charge in [-0.25, -0.2) is 0 Å². The summed E-state index contributed by atoms with van der Waals surface area (Å²) in [4.78, 5) is 0. The molecule has 1 aromatic carbocycles. The highest BCUT2D eigenvalue weighted by atomic mass is 16.2. The summed E-state index contributed by atoms with van der Waals surface area (Å²) in [6, 6.07) is 6.45. The summed E-state index contributed by atoms with van der Waals surface area (Å²) in [6.45, 7) is 0.270. The fraction of sp³-hybridized carbons (Fsp3) is 0.333. The first-order valence-corrected chi connectivity index (χ1v) is 3.61. The zero-order chi connectivity index (χ0) is 6.97. The molecule has 3 rings (SSSR count). The standard InChI is InChI=1S/C9H10O/c10-4-3-8-2-1-7-5-9(8)6-7/h1-2,5,10H,3-4,6H2. The minimum atomic E-state index is 0.270. The summed E-state index contributed by atoms with van der Waals surface area (Å²) in [6.07, 6.45) is 1.95. The third-order valence-corrected chi connectivity index (χ3v) is 2.05. The van der Waals surface area contributed by atoms with Gasteiger partial charge in [-0.1, -0.05) is 18.2 Å². The first-order chi connectivity index (χ1) is 4.90. The highest BCUT2D eigenvalue weighted by molar-refractivity contribution is 5.43. The van der Waals surface area contributed by atoms with E-state index in [0.717, 1.165) is 12.8 Å². The molecule has 1 N–H and O–H groups in total. The fourth-order valence-electron chi connectivity index (χ4n) is 1.41. The van der Waals surface area contributed by atoms with Gasteiger partial charge in [0.15, 0.2) is 0 Å². The van der Waals surface area contributed by atoms with Crippen molar-refractivity contribution in [2.24, 2.45) is 0 Å². The van der Waals surface area contributed by atoms with E-state index >= 15 is 0 Å². The molecule has 0 amide bonds. The van der Waals surface area contributed by atoms with Crippen LogP contribution in [0.25, 0.3) is 0 Å². The Labute approximate surface area is 60.3 Å². The monoisotopic (exact) mass is 134 g/mol. The molecule has 0 unspecified atom stereocenters. The van der Waals surface area contributed by atoms with Gasteiger partial charge in [-0.3, -0.25) is 0 Å². The zero-order valence-electron chi connectivity index (χ0n) is 5.80. The van der Waals surface area contributed by atoms with Crippen LogP contribution in [0.1, 0.15) is 16.7 Å². The van der Waals surface area contributed by atoms with Crippen LogP contribution in [0.5, 0.6) is 0 Å². The number of aliphatic hydroxyl groups is 1. The minimum Gasteiger partial charge on any atom is -0.396 e. The van der Waals surface area contributed by atoms with Crippen molar-refractivity contribution in [3.63, 3.8) is 0 Å². The van der Waals surface area contributed by atoms with Gasteiger partial charge < -0.3 is 5.11 Å². The van der Waals surface area contributed by atoms with E-state index in [1.807, 2.05) is 0 Å². The van der Waals surface area contributed by atoms with Crippen LogP contribution in [0.15, 0.2) is 18.2 Å². The van der Waals surface area contributed by atoms with Crippen LogP contribution in [-0.2, 0) is 12.8 Å². The van der Waals surface area contributed by atoms with E-state index in [1.165, 1.54) is 16.7 Å². The molecule has 1 aromatic rings. The van der Waals surface area contributed by atoms with E-state index in [-0.39, 0.29) is 6.61 Å². The lowest BCUT2D eigenvalue weighted by molar-refractivity contribution is 0.299. The topological polar surface area (TPSA) is 20.2 Å². The predicted octanol–water partition coefficient (Wildman–Crippen LogP) is 1.13. The molecule has 0 fully saturated rings. The predicted molar refractivity (Wildman–Crippen MR) is 40.0 cm³/mol. The van der Waals surface area contributed by atoms with Crippen molar-refractivity contribution in [1.82, 2.24) is 0 Å². The Balaban J connectivity index is 2.29. The van der Waals surface area contributed by atoms with E-state index in [9.17, 15) is 0 Å². The second-order valence-electron chi connectivity index (χ2n) is 2.75. The van der Waals surface area contributed by atoms with Gasteiger partial charge in [-0.2, -0.15) is 0 Å². The van der Waals surface area contributed by atoms with Gasteiger partial charge in [0.05, 0.1) is 0 Å². The zero-order valence-corrected chi connectivity index (χ0v) is 5.80. The second-order valence-corrected chi connectivity index (χ2v) is 2.75. The number of fused-ring (bicyclic) bond motifs is 2. The molecule has 0 radical (unpaired) electrons. The van der Waals surface area contributed by atoms with Gasteiger partial charge >= 0.3 is 0 Å². The lowest BCUT2D eigenvalue weighted by Gasteiger charge is -2.18. The molecule has 0 atom stereocenters. The van der Waals surface area contributed by atoms with Gasteiger partial charge in [0.1, 0.15) is 0 Å². The number of aliphatic hydroxyl groups excluding tert-OH is 1. The molecule has 0 spiro atoms. The van der Waals surface area contributed by atoms with Gasteiger partial charge in [0.2, 0.25) is 0 Å².